The number of carbonyl (C=O) groups is 1. The topological polar surface area (TPSA) is 47.6 Å². The first-order valence-corrected chi connectivity index (χ1v) is 6.42. The number of anilines is 1. The van der Waals surface area contributed by atoms with Gasteiger partial charge in [0.05, 0.1) is 19.2 Å². The van der Waals surface area contributed by atoms with Gasteiger partial charge in [-0.1, -0.05) is 30.3 Å². The van der Waals surface area contributed by atoms with Crippen LogP contribution in [-0.2, 0) is 9.53 Å². The van der Waals surface area contributed by atoms with E-state index in [4.69, 9.17) is 4.74 Å². The molecule has 4 heteroatoms. The van der Waals surface area contributed by atoms with Crippen LogP contribution >= 0.6 is 0 Å². The minimum Gasteiger partial charge on any atom is -0.469 e. The number of benzene rings is 2. The number of hydrogen-bond donors (Lipinski definition) is 1. The molecule has 0 amide bonds. The van der Waals surface area contributed by atoms with Crippen molar-refractivity contribution in [1.82, 2.24) is 0 Å². The summed E-state index contributed by atoms with van der Waals surface area (Å²) in [6.45, 7) is 0.502. The molecule has 0 saturated carbocycles. The lowest BCUT2D eigenvalue weighted by atomic mass is 10.2. The molecule has 0 saturated heterocycles. The molecule has 2 aromatic carbocycles. The van der Waals surface area contributed by atoms with Gasteiger partial charge in [-0.05, 0) is 24.3 Å². The standard InChI is InChI=1S/C16H17NO3/c1-19-16(18)11-12-17-14-9-5-6-10-15(14)20-13-7-3-2-4-8-13/h2-10,17H,11-12H2,1H3. The molecule has 0 unspecified atom stereocenters. The Morgan fingerprint density at radius 3 is 2.50 bits per heavy atom. The largest absolute Gasteiger partial charge is 0.469 e. The van der Waals surface area contributed by atoms with Gasteiger partial charge in [-0.3, -0.25) is 4.79 Å². The first-order chi connectivity index (χ1) is 9.79. The van der Waals surface area contributed by atoms with Crippen LogP contribution in [0.3, 0.4) is 0 Å². The summed E-state index contributed by atoms with van der Waals surface area (Å²) in [6.07, 6.45) is 0.316. The monoisotopic (exact) mass is 271 g/mol. The third kappa shape index (κ3) is 4.02. The summed E-state index contributed by atoms with van der Waals surface area (Å²) in [4.78, 5) is 11.1. The molecule has 104 valence electrons. The molecule has 0 spiro atoms. The lowest BCUT2D eigenvalue weighted by Crippen LogP contribution is -2.10. The highest BCUT2D eigenvalue weighted by atomic mass is 16.5. The molecule has 0 atom stereocenters. The van der Waals surface area contributed by atoms with Crippen molar-refractivity contribution < 1.29 is 14.3 Å². The second kappa shape index (κ2) is 7.19. The van der Waals surface area contributed by atoms with Gasteiger partial charge >= 0.3 is 5.97 Å². The summed E-state index contributed by atoms with van der Waals surface area (Å²) < 4.78 is 10.4. The minimum atomic E-state index is -0.237. The first-order valence-electron chi connectivity index (χ1n) is 6.42. The molecule has 0 bridgehead atoms. The lowest BCUT2D eigenvalue weighted by molar-refractivity contribution is -0.140. The van der Waals surface area contributed by atoms with Crippen molar-refractivity contribution in [3.63, 3.8) is 0 Å². The van der Waals surface area contributed by atoms with E-state index in [1.165, 1.54) is 7.11 Å². The van der Waals surface area contributed by atoms with Gasteiger partial charge in [0.1, 0.15) is 5.75 Å². The maximum Gasteiger partial charge on any atom is 0.307 e. The zero-order valence-corrected chi connectivity index (χ0v) is 11.3. The highest BCUT2D eigenvalue weighted by molar-refractivity contribution is 5.70. The number of nitrogens with one attached hydrogen (secondary N) is 1. The highest BCUT2D eigenvalue weighted by Crippen LogP contribution is 2.28. The number of methoxy groups -OCH3 is 1. The van der Waals surface area contributed by atoms with Crippen molar-refractivity contribution in [3.8, 4) is 11.5 Å². The summed E-state index contributed by atoms with van der Waals surface area (Å²) in [7, 11) is 1.38. The predicted molar refractivity (Wildman–Crippen MR) is 78.1 cm³/mol. The number of hydrogen-bond acceptors (Lipinski definition) is 4. The van der Waals surface area contributed by atoms with Crippen LogP contribution in [0, 0.1) is 0 Å². The van der Waals surface area contributed by atoms with E-state index in [0.717, 1.165) is 17.2 Å². The second-order valence-corrected chi connectivity index (χ2v) is 4.16. The summed E-state index contributed by atoms with van der Waals surface area (Å²) in [5.41, 5.74) is 0.847. The Morgan fingerprint density at radius 1 is 1.05 bits per heavy atom. The number of esters is 1. The van der Waals surface area contributed by atoms with Gasteiger partial charge in [-0.2, -0.15) is 0 Å². The Labute approximate surface area is 118 Å². The predicted octanol–water partition coefficient (Wildman–Crippen LogP) is 3.45. The average molecular weight is 271 g/mol. The zero-order chi connectivity index (χ0) is 14.2. The van der Waals surface area contributed by atoms with Gasteiger partial charge in [0.15, 0.2) is 5.75 Å². The lowest BCUT2D eigenvalue weighted by Gasteiger charge is -2.12. The van der Waals surface area contributed by atoms with Crippen LogP contribution in [0.4, 0.5) is 5.69 Å². The average Bonchev–Trinajstić information content (AvgIpc) is 2.50. The Balaban J connectivity index is 2.01. The van der Waals surface area contributed by atoms with Crippen molar-refractivity contribution in [2.45, 2.75) is 6.42 Å². The molecule has 0 radical (unpaired) electrons. The van der Waals surface area contributed by atoms with Crippen molar-refractivity contribution in [2.24, 2.45) is 0 Å². The third-order valence-electron chi connectivity index (χ3n) is 2.73. The summed E-state index contributed by atoms with van der Waals surface area (Å²) in [6, 6.07) is 17.2. The van der Waals surface area contributed by atoms with Gasteiger partial charge in [-0.15, -0.1) is 0 Å². The molecule has 0 aliphatic carbocycles. The fourth-order valence-electron chi connectivity index (χ4n) is 1.72. The van der Waals surface area contributed by atoms with Gasteiger partial charge < -0.3 is 14.8 Å². The Bertz CT molecular complexity index is 555. The van der Waals surface area contributed by atoms with Crippen LogP contribution in [0.1, 0.15) is 6.42 Å². The minimum absolute atomic E-state index is 0.237. The van der Waals surface area contributed by atoms with Crippen LogP contribution in [0.15, 0.2) is 54.6 Å². The smallest absolute Gasteiger partial charge is 0.307 e. The Hall–Kier alpha value is -2.49. The van der Waals surface area contributed by atoms with Gasteiger partial charge in [0.2, 0.25) is 0 Å². The van der Waals surface area contributed by atoms with Gasteiger partial charge in [-0.25, -0.2) is 0 Å². The second-order valence-electron chi connectivity index (χ2n) is 4.16. The molecule has 0 aromatic heterocycles. The molecule has 2 aromatic rings. The Morgan fingerprint density at radius 2 is 1.75 bits per heavy atom. The van der Waals surface area contributed by atoms with Crippen molar-refractivity contribution >= 4 is 11.7 Å². The van der Waals surface area contributed by atoms with Crippen LogP contribution in [-0.4, -0.2) is 19.6 Å². The van der Waals surface area contributed by atoms with E-state index in [1.807, 2.05) is 54.6 Å². The van der Waals surface area contributed by atoms with Crippen LogP contribution in [0.25, 0.3) is 0 Å². The molecule has 4 nitrogen and oxygen atoms in total. The number of ether oxygens (including phenoxy) is 2. The molecule has 0 heterocycles. The summed E-state index contributed by atoms with van der Waals surface area (Å²) in [5.74, 6) is 1.26. The zero-order valence-electron chi connectivity index (χ0n) is 11.3. The maximum atomic E-state index is 11.1. The van der Waals surface area contributed by atoms with Crippen molar-refractivity contribution in [3.05, 3.63) is 54.6 Å². The normalized spacial score (nSPS) is 9.85. The SMILES string of the molecule is COC(=O)CCNc1ccccc1Oc1ccccc1. The Kier molecular flexibility index (Phi) is 5.00. The molecule has 1 N–H and O–H groups in total. The van der Waals surface area contributed by atoms with E-state index >= 15 is 0 Å². The molecule has 0 fully saturated rings. The molecular formula is C16H17NO3. The molecule has 0 aliphatic rings. The fourth-order valence-corrected chi connectivity index (χ4v) is 1.72. The van der Waals surface area contributed by atoms with E-state index in [-0.39, 0.29) is 5.97 Å². The van der Waals surface area contributed by atoms with E-state index in [0.29, 0.717) is 13.0 Å². The molecule has 20 heavy (non-hydrogen) atoms. The van der Waals surface area contributed by atoms with Gasteiger partial charge in [0.25, 0.3) is 0 Å². The van der Waals surface area contributed by atoms with Crippen molar-refractivity contribution in [1.29, 1.82) is 0 Å². The number of carbonyl (C=O) groups excluding carboxylic acids is 1. The molecular weight excluding hydrogens is 254 g/mol. The van der Waals surface area contributed by atoms with E-state index < -0.39 is 0 Å². The third-order valence-corrected chi connectivity index (χ3v) is 2.73. The van der Waals surface area contributed by atoms with Crippen LogP contribution in [0.2, 0.25) is 0 Å². The maximum absolute atomic E-state index is 11.1. The highest BCUT2D eigenvalue weighted by Gasteiger charge is 2.05. The van der Waals surface area contributed by atoms with Crippen LogP contribution in [0.5, 0.6) is 11.5 Å². The first kappa shape index (κ1) is 13.9. The summed E-state index contributed by atoms with van der Waals surface area (Å²) >= 11 is 0. The van der Waals surface area contributed by atoms with E-state index in [2.05, 4.69) is 10.1 Å². The van der Waals surface area contributed by atoms with Crippen LogP contribution < -0.4 is 10.1 Å². The molecule has 2 rings (SSSR count). The summed E-state index contributed by atoms with van der Waals surface area (Å²) in [5, 5.41) is 3.17. The van der Waals surface area contributed by atoms with E-state index in [9.17, 15) is 4.79 Å². The fraction of sp³-hybridized carbons (Fsp3) is 0.188. The van der Waals surface area contributed by atoms with E-state index in [1.54, 1.807) is 0 Å². The number of para-hydroxylation sites is 3. The van der Waals surface area contributed by atoms with Gasteiger partial charge in [0, 0.05) is 6.54 Å². The molecule has 0 aliphatic heterocycles. The quantitative estimate of drug-likeness (QED) is 0.817. The number of rotatable bonds is 6. The van der Waals surface area contributed by atoms with Crippen molar-refractivity contribution in [2.75, 3.05) is 19.0 Å².